The van der Waals surface area contributed by atoms with Crippen molar-refractivity contribution in [3.8, 4) is 0 Å². The van der Waals surface area contributed by atoms with Crippen LogP contribution in [0, 0.1) is 11.3 Å². The Morgan fingerprint density at radius 3 is 2.48 bits per heavy atom. The van der Waals surface area contributed by atoms with Crippen molar-refractivity contribution in [1.82, 2.24) is 4.31 Å². The van der Waals surface area contributed by atoms with Gasteiger partial charge >= 0.3 is 0 Å². The number of nitrogens with zero attached hydrogens (tertiary/aromatic N) is 1. The van der Waals surface area contributed by atoms with E-state index in [0.717, 1.165) is 13.0 Å². The van der Waals surface area contributed by atoms with Crippen LogP contribution in [-0.4, -0.2) is 25.3 Å². The fourth-order valence-corrected chi connectivity index (χ4v) is 8.17. The molecule has 1 spiro atoms. The lowest BCUT2D eigenvalue weighted by molar-refractivity contribution is 0.225. The van der Waals surface area contributed by atoms with Gasteiger partial charge in [-0.3, -0.25) is 0 Å². The van der Waals surface area contributed by atoms with Gasteiger partial charge in [0.1, 0.15) is 4.21 Å². The van der Waals surface area contributed by atoms with Crippen LogP contribution in [0.25, 0.3) is 0 Å². The van der Waals surface area contributed by atoms with Crippen molar-refractivity contribution >= 4 is 21.4 Å². The first-order valence-corrected chi connectivity index (χ1v) is 11.5. The summed E-state index contributed by atoms with van der Waals surface area (Å²) < 4.78 is 28.9. The molecule has 0 amide bonds. The fraction of sp³-hybridized carbons (Fsp3) is 0.778. The van der Waals surface area contributed by atoms with Crippen molar-refractivity contribution in [1.29, 1.82) is 0 Å². The summed E-state index contributed by atoms with van der Waals surface area (Å²) in [7, 11) is -3.31. The molecule has 1 aliphatic heterocycles. The maximum Gasteiger partial charge on any atom is 0.252 e. The average Bonchev–Trinajstić information content (AvgIpc) is 3.30. The molecule has 4 rings (SSSR count). The second kappa shape index (κ2) is 6.16. The molecule has 2 saturated carbocycles. The minimum Gasteiger partial charge on any atom is -0.206 e. The molecule has 0 radical (unpaired) electrons. The van der Waals surface area contributed by atoms with Crippen molar-refractivity contribution < 1.29 is 8.42 Å². The number of sulfonamides is 1. The van der Waals surface area contributed by atoms with Gasteiger partial charge in [0.2, 0.25) is 0 Å². The summed E-state index contributed by atoms with van der Waals surface area (Å²) in [6.07, 6.45) is 12.5. The molecule has 3 fully saturated rings. The summed E-state index contributed by atoms with van der Waals surface area (Å²) in [5.41, 5.74) is 0.284. The zero-order valence-electron chi connectivity index (χ0n) is 13.7. The molecule has 5 heteroatoms. The highest BCUT2D eigenvalue weighted by Gasteiger charge is 2.51. The van der Waals surface area contributed by atoms with E-state index in [1.807, 2.05) is 15.8 Å². The van der Waals surface area contributed by atoms with Crippen LogP contribution in [0.2, 0.25) is 0 Å². The Hall–Kier alpha value is -0.390. The Morgan fingerprint density at radius 2 is 1.83 bits per heavy atom. The van der Waals surface area contributed by atoms with Gasteiger partial charge in [-0.25, -0.2) is 8.42 Å². The average molecular weight is 354 g/mol. The van der Waals surface area contributed by atoms with Gasteiger partial charge in [0, 0.05) is 12.6 Å². The van der Waals surface area contributed by atoms with Crippen molar-refractivity contribution in [3.05, 3.63) is 17.5 Å². The molecule has 1 saturated heterocycles. The Bertz CT molecular complexity index is 626. The van der Waals surface area contributed by atoms with Gasteiger partial charge in [-0.2, -0.15) is 4.31 Å². The smallest absolute Gasteiger partial charge is 0.206 e. The van der Waals surface area contributed by atoms with E-state index >= 15 is 0 Å². The molecule has 1 atom stereocenters. The van der Waals surface area contributed by atoms with Crippen LogP contribution in [0.5, 0.6) is 0 Å². The number of hydrogen-bond donors (Lipinski definition) is 0. The minimum atomic E-state index is -3.31. The summed E-state index contributed by atoms with van der Waals surface area (Å²) in [5.74, 6) is 0.582. The maximum absolute atomic E-state index is 13.2. The van der Waals surface area contributed by atoms with Crippen molar-refractivity contribution in [3.63, 3.8) is 0 Å². The van der Waals surface area contributed by atoms with Crippen molar-refractivity contribution in [2.45, 2.75) is 74.5 Å². The fourth-order valence-electron chi connectivity index (χ4n) is 5.25. The predicted octanol–water partition coefficient (Wildman–Crippen LogP) is 4.65. The number of rotatable bonds is 3. The lowest BCUT2D eigenvalue weighted by atomic mass is 9.77. The molecule has 2 aliphatic carbocycles. The summed E-state index contributed by atoms with van der Waals surface area (Å²) in [6.45, 7) is 0.772. The predicted molar refractivity (Wildman–Crippen MR) is 94.1 cm³/mol. The van der Waals surface area contributed by atoms with E-state index in [1.165, 1.54) is 69.1 Å². The van der Waals surface area contributed by atoms with Crippen LogP contribution < -0.4 is 0 Å². The molecule has 3 nitrogen and oxygen atoms in total. The Labute approximate surface area is 144 Å². The lowest BCUT2D eigenvalue weighted by Gasteiger charge is -2.33. The SMILES string of the molecule is O=S(=O)(c1cccs1)N1CC2(CCCC2)CC1C1CCCCC1. The third-order valence-electron chi connectivity index (χ3n) is 6.42. The molecule has 1 aromatic rings. The monoisotopic (exact) mass is 353 g/mol. The molecule has 128 valence electrons. The zero-order valence-corrected chi connectivity index (χ0v) is 15.4. The molecule has 0 aromatic carbocycles. The van der Waals surface area contributed by atoms with E-state index in [4.69, 9.17) is 0 Å². The second-order valence-corrected chi connectivity index (χ2v) is 10.9. The first-order valence-electron chi connectivity index (χ1n) is 9.16. The molecule has 2 heterocycles. The van der Waals surface area contributed by atoms with Gasteiger partial charge in [-0.05, 0) is 54.9 Å². The quantitative estimate of drug-likeness (QED) is 0.793. The van der Waals surface area contributed by atoms with E-state index in [9.17, 15) is 8.42 Å². The van der Waals surface area contributed by atoms with E-state index < -0.39 is 10.0 Å². The Balaban J connectivity index is 1.66. The maximum atomic E-state index is 13.2. The third-order valence-corrected chi connectivity index (χ3v) is 9.66. The van der Waals surface area contributed by atoms with Crippen LogP contribution in [0.1, 0.15) is 64.2 Å². The highest BCUT2D eigenvalue weighted by atomic mass is 32.2. The first kappa shape index (κ1) is 16.1. The topological polar surface area (TPSA) is 37.4 Å². The highest BCUT2D eigenvalue weighted by Crippen LogP contribution is 2.52. The largest absolute Gasteiger partial charge is 0.252 e. The van der Waals surface area contributed by atoms with Crippen LogP contribution in [0.4, 0.5) is 0 Å². The number of thiophene rings is 1. The van der Waals surface area contributed by atoms with E-state index in [0.29, 0.717) is 10.1 Å². The molecule has 0 N–H and O–H groups in total. The standard InChI is InChI=1S/C18H27NO2S2/c20-23(21,17-9-6-12-22-17)19-14-18(10-4-5-11-18)13-16(19)15-7-2-1-3-8-15/h6,9,12,15-16H,1-5,7-8,10-11,13-14H2. The third kappa shape index (κ3) is 2.89. The van der Waals surface area contributed by atoms with Crippen molar-refractivity contribution in [2.24, 2.45) is 11.3 Å². The molecule has 23 heavy (non-hydrogen) atoms. The molecule has 1 aromatic heterocycles. The van der Waals surface area contributed by atoms with Crippen LogP contribution in [0.15, 0.2) is 21.7 Å². The second-order valence-electron chi connectivity index (χ2n) is 7.86. The molecular weight excluding hydrogens is 326 g/mol. The molecular formula is C18H27NO2S2. The minimum absolute atomic E-state index is 0.250. The molecule has 0 bridgehead atoms. The molecule has 3 aliphatic rings. The van der Waals surface area contributed by atoms with Crippen LogP contribution in [0.3, 0.4) is 0 Å². The normalized spacial score (nSPS) is 29.5. The van der Waals surface area contributed by atoms with Gasteiger partial charge in [-0.1, -0.05) is 38.2 Å². The van der Waals surface area contributed by atoms with Gasteiger partial charge in [-0.15, -0.1) is 11.3 Å². The Kier molecular flexibility index (Phi) is 4.31. The summed E-state index contributed by atoms with van der Waals surface area (Å²) in [5, 5.41) is 1.88. The summed E-state index contributed by atoms with van der Waals surface area (Å²) >= 11 is 1.37. The van der Waals surface area contributed by atoms with Gasteiger partial charge in [0.25, 0.3) is 10.0 Å². The summed E-state index contributed by atoms with van der Waals surface area (Å²) in [4.78, 5) is 0. The van der Waals surface area contributed by atoms with Crippen LogP contribution in [-0.2, 0) is 10.0 Å². The molecule has 1 unspecified atom stereocenters. The van der Waals surface area contributed by atoms with Gasteiger partial charge < -0.3 is 0 Å². The van der Waals surface area contributed by atoms with Gasteiger partial charge in [0.15, 0.2) is 0 Å². The highest BCUT2D eigenvalue weighted by molar-refractivity contribution is 7.91. The van der Waals surface area contributed by atoms with E-state index in [1.54, 1.807) is 6.07 Å². The van der Waals surface area contributed by atoms with Crippen LogP contribution >= 0.6 is 11.3 Å². The summed E-state index contributed by atoms with van der Waals surface area (Å²) in [6, 6.07) is 3.88. The first-order chi connectivity index (χ1) is 11.1. The van der Waals surface area contributed by atoms with Gasteiger partial charge in [0.05, 0.1) is 0 Å². The lowest BCUT2D eigenvalue weighted by Crippen LogP contribution is -2.40. The van der Waals surface area contributed by atoms with E-state index in [-0.39, 0.29) is 11.5 Å². The van der Waals surface area contributed by atoms with E-state index in [2.05, 4.69) is 0 Å². The Morgan fingerprint density at radius 1 is 1.09 bits per heavy atom. The zero-order chi connectivity index (χ0) is 15.9. The van der Waals surface area contributed by atoms with Crippen molar-refractivity contribution in [2.75, 3.05) is 6.54 Å². The number of hydrogen-bond acceptors (Lipinski definition) is 3.